The smallest absolute Gasteiger partial charge is 0.317 e. The number of nitrogens with one attached hydrogen (secondary N) is 1. The highest BCUT2D eigenvalue weighted by molar-refractivity contribution is 5.75. The number of rotatable bonds is 3. The third kappa shape index (κ3) is 2.92. The summed E-state index contributed by atoms with van der Waals surface area (Å²) in [6.45, 7) is 9.30. The number of anilines is 1. The molecule has 1 aromatic heterocycles. The summed E-state index contributed by atoms with van der Waals surface area (Å²) in [6, 6.07) is 1.97. The van der Waals surface area contributed by atoms with E-state index in [-0.39, 0.29) is 23.6 Å². The Bertz CT molecular complexity index is 572. The predicted molar refractivity (Wildman–Crippen MR) is 91.9 cm³/mol. The second-order valence-corrected chi connectivity index (χ2v) is 7.29. The highest BCUT2D eigenvalue weighted by atomic mass is 16.5. The Kier molecular flexibility index (Phi) is 4.62. The Hall–Kier alpha value is -1.89. The van der Waals surface area contributed by atoms with Crippen LogP contribution in [0, 0.1) is 11.3 Å². The molecule has 1 saturated heterocycles. The van der Waals surface area contributed by atoms with Gasteiger partial charge in [-0.15, -0.1) is 0 Å². The first-order valence-corrected chi connectivity index (χ1v) is 8.55. The molecular weight excluding hydrogens is 306 g/mol. The van der Waals surface area contributed by atoms with Crippen LogP contribution in [0.3, 0.4) is 0 Å². The van der Waals surface area contributed by atoms with Gasteiger partial charge in [0.15, 0.2) is 0 Å². The Morgan fingerprint density at radius 2 is 1.88 bits per heavy atom. The van der Waals surface area contributed by atoms with Gasteiger partial charge in [0.1, 0.15) is 0 Å². The Balaban J connectivity index is 1.53. The standard InChI is InChI=1S/C17H27N5O2/c1-12-13(17(2,3)14(12)24-4)20-16(23)22-10-8-21(9-11-22)15-18-6-5-7-19-15/h5-7,12-14H,8-11H2,1-4H3,(H,20,23)/t12-,13+,14-/m1/s1. The average molecular weight is 333 g/mol. The van der Waals surface area contributed by atoms with Crippen LogP contribution < -0.4 is 10.2 Å². The molecule has 24 heavy (non-hydrogen) atoms. The van der Waals surface area contributed by atoms with Crippen LogP contribution in [-0.4, -0.2) is 66.3 Å². The summed E-state index contributed by atoms with van der Waals surface area (Å²) in [5.74, 6) is 1.06. The number of urea groups is 1. The summed E-state index contributed by atoms with van der Waals surface area (Å²) in [7, 11) is 1.74. The maximum absolute atomic E-state index is 12.6. The lowest BCUT2D eigenvalue weighted by Gasteiger charge is -2.56. The molecule has 0 radical (unpaired) electrons. The molecule has 1 N–H and O–H groups in total. The first-order chi connectivity index (χ1) is 11.4. The molecule has 3 rings (SSSR count). The molecule has 1 aliphatic heterocycles. The van der Waals surface area contributed by atoms with Crippen LogP contribution in [0.4, 0.5) is 10.7 Å². The van der Waals surface area contributed by atoms with E-state index in [9.17, 15) is 4.79 Å². The van der Waals surface area contributed by atoms with E-state index in [0.29, 0.717) is 19.0 Å². The minimum absolute atomic E-state index is 0.0168. The molecule has 0 unspecified atom stereocenters. The summed E-state index contributed by atoms with van der Waals surface area (Å²) >= 11 is 0. The summed E-state index contributed by atoms with van der Waals surface area (Å²) in [5.41, 5.74) is -0.0382. The molecule has 2 aliphatic rings. The maximum Gasteiger partial charge on any atom is 0.317 e. The second kappa shape index (κ2) is 6.55. The quantitative estimate of drug-likeness (QED) is 0.904. The molecular formula is C17H27N5O2. The monoisotopic (exact) mass is 333 g/mol. The Morgan fingerprint density at radius 3 is 2.42 bits per heavy atom. The van der Waals surface area contributed by atoms with Crippen molar-refractivity contribution in [3.8, 4) is 0 Å². The molecule has 7 heteroatoms. The van der Waals surface area contributed by atoms with Gasteiger partial charge in [0, 0.05) is 63.1 Å². The summed E-state index contributed by atoms with van der Waals surface area (Å²) in [4.78, 5) is 25.1. The van der Waals surface area contributed by atoms with Crippen LogP contribution in [-0.2, 0) is 4.74 Å². The number of piperazine rings is 1. The van der Waals surface area contributed by atoms with Gasteiger partial charge in [0.05, 0.1) is 6.10 Å². The van der Waals surface area contributed by atoms with Crippen LogP contribution in [0.1, 0.15) is 20.8 Å². The van der Waals surface area contributed by atoms with Crippen LogP contribution in [0.2, 0.25) is 0 Å². The molecule has 0 bridgehead atoms. The van der Waals surface area contributed by atoms with E-state index in [4.69, 9.17) is 4.74 Å². The average Bonchev–Trinajstić information content (AvgIpc) is 2.60. The van der Waals surface area contributed by atoms with Crippen molar-refractivity contribution in [1.82, 2.24) is 20.2 Å². The fourth-order valence-electron chi connectivity index (χ4n) is 4.21. The van der Waals surface area contributed by atoms with E-state index in [1.54, 1.807) is 19.5 Å². The number of amides is 2. The molecule has 0 spiro atoms. The topological polar surface area (TPSA) is 70.6 Å². The van der Waals surface area contributed by atoms with Crippen molar-refractivity contribution < 1.29 is 9.53 Å². The predicted octanol–water partition coefficient (Wildman–Crippen LogP) is 1.37. The first kappa shape index (κ1) is 17.0. The largest absolute Gasteiger partial charge is 0.380 e. The molecule has 2 amide bonds. The fraction of sp³-hybridized carbons (Fsp3) is 0.706. The Morgan fingerprint density at radius 1 is 1.25 bits per heavy atom. The summed E-state index contributed by atoms with van der Waals surface area (Å²) in [6.07, 6.45) is 3.68. The molecule has 0 aromatic carbocycles. The highest BCUT2D eigenvalue weighted by Gasteiger charge is 2.55. The van der Waals surface area contributed by atoms with Gasteiger partial charge in [0.25, 0.3) is 0 Å². The van der Waals surface area contributed by atoms with Crippen LogP contribution in [0.15, 0.2) is 18.5 Å². The summed E-state index contributed by atoms with van der Waals surface area (Å²) in [5, 5.41) is 3.20. The molecule has 2 fully saturated rings. The Labute approximate surface area is 143 Å². The van der Waals surface area contributed by atoms with Crippen molar-refractivity contribution in [1.29, 1.82) is 0 Å². The van der Waals surface area contributed by atoms with Crippen molar-refractivity contribution in [3.05, 3.63) is 18.5 Å². The fourth-order valence-corrected chi connectivity index (χ4v) is 4.21. The highest BCUT2D eigenvalue weighted by Crippen LogP contribution is 2.46. The lowest BCUT2D eigenvalue weighted by molar-refractivity contribution is -0.141. The van der Waals surface area contributed by atoms with Crippen molar-refractivity contribution in [3.63, 3.8) is 0 Å². The van der Waals surface area contributed by atoms with E-state index < -0.39 is 0 Å². The number of ether oxygens (including phenoxy) is 1. The lowest BCUT2D eigenvalue weighted by atomic mass is 9.58. The molecule has 1 saturated carbocycles. The molecule has 7 nitrogen and oxygen atoms in total. The zero-order valence-electron chi connectivity index (χ0n) is 14.9. The second-order valence-electron chi connectivity index (χ2n) is 7.29. The molecule has 2 heterocycles. The van der Waals surface area contributed by atoms with Crippen LogP contribution >= 0.6 is 0 Å². The van der Waals surface area contributed by atoms with Crippen molar-refractivity contribution in [2.24, 2.45) is 11.3 Å². The number of nitrogens with zero attached hydrogens (tertiary/aromatic N) is 4. The van der Waals surface area contributed by atoms with Gasteiger partial charge in [0.2, 0.25) is 5.95 Å². The van der Waals surface area contributed by atoms with Crippen molar-refractivity contribution in [2.75, 3.05) is 38.2 Å². The van der Waals surface area contributed by atoms with Crippen molar-refractivity contribution in [2.45, 2.75) is 32.9 Å². The first-order valence-electron chi connectivity index (χ1n) is 8.55. The van der Waals surface area contributed by atoms with Gasteiger partial charge in [-0.1, -0.05) is 20.8 Å². The zero-order valence-corrected chi connectivity index (χ0v) is 14.9. The van der Waals surface area contributed by atoms with E-state index in [0.717, 1.165) is 19.0 Å². The zero-order chi connectivity index (χ0) is 17.3. The molecule has 1 aromatic rings. The minimum atomic E-state index is -0.0382. The number of methoxy groups -OCH3 is 1. The third-order valence-corrected chi connectivity index (χ3v) is 5.47. The molecule has 132 valence electrons. The van der Waals surface area contributed by atoms with Gasteiger partial charge in [-0.3, -0.25) is 0 Å². The normalized spacial score (nSPS) is 29.1. The number of aromatic nitrogens is 2. The van der Waals surface area contributed by atoms with E-state index in [2.05, 4.69) is 41.0 Å². The number of carbonyl (C=O) groups is 1. The third-order valence-electron chi connectivity index (χ3n) is 5.47. The van der Waals surface area contributed by atoms with Gasteiger partial charge >= 0.3 is 6.03 Å². The van der Waals surface area contributed by atoms with Gasteiger partial charge < -0.3 is 19.9 Å². The van der Waals surface area contributed by atoms with Gasteiger partial charge in [-0.2, -0.15) is 0 Å². The lowest BCUT2D eigenvalue weighted by Crippen LogP contribution is -2.69. The maximum atomic E-state index is 12.6. The van der Waals surface area contributed by atoms with Crippen molar-refractivity contribution >= 4 is 12.0 Å². The van der Waals surface area contributed by atoms with E-state index >= 15 is 0 Å². The van der Waals surface area contributed by atoms with Crippen LogP contribution in [0.5, 0.6) is 0 Å². The van der Waals surface area contributed by atoms with Crippen LogP contribution in [0.25, 0.3) is 0 Å². The number of hydrogen-bond donors (Lipinski definition) is 1. The number of carbonyl (C=O) groups excluding carboxylic acids is 1. The molecule has 1 aliphatic carbocycles. The number of hydrogen-bond acceptors (Lipinski definition) is 5. The minimum Gasteiger partial charge on any atom is -0.380 e. The summed E-state index contributed by atoms with van der Waals surface area (Å²) < 4.78 is 5.55. The van der Waals surface area contributed by atoms with Gasteiger partial charge in [-0.25, -0.2) is 14.8 Å². The van der Waals surface area contributed by atoms with Gasteiger partial charge in [-0.05, 0) is 6.07 Å². The van der Waals surface area contributed by atoms with E-state index in [1.165, 1.54) is 0 Å². The SMILES string of the molecule is CO[C@@H]1[C@H](C)[C@H](NC(=O)N2CCN(c3ncccn3)CC2)C1(C)C. The van der Waals surface area contributed by atoms with E-state index in [1.807, 2.05) is 11.0 Å². The molecule has 3 atom stereocenters.